The van der Waals surface area contributed by atoms with Crippen LogP contribution in [0.3, 0.4) is 0 Å². The maximum Gasteiger partial charge on any atom is 0.160 e. The molecule has 0 fully saturated rings. The molecule has 1 atom stereocenters. The molecule has 0 saturated heterocycles. The molecule has 0 aliphatic heterocycles. The second kappa shape index (κ2) is 6.71. The van der Waals surface area contributed by atoms with Gasteiger partial charge in [0.05, 0.1) is 10.0 Å². The lowest BCUT2D eigenvalue weighted by Crippen LogP contribution is -2.24. The van der Waals surface area contributed by atoms with Crippen LogP contribution in [0.2, 0.25) is 5.02 Å². The first-order valence-corrected chi connectivity index (χ1v) is 8.07. The highest BCUT2D eigenvalue weighted by molar-refractivity contribution is 7.80. The summed E-state index contributed by atoms with van der Waals surface area (Å²) in [5, 5.41) is 0.602. The van der Waals surface area contributed by atoms with Crippen LogP contribution in [0.1, 0.15) is 45.4 Å². The summed E-state index contributed by atoms with van der Waals surface area (Å²) >= 11 is 11.1. The molecule has 4 nitrogen and oxygen atoms in total. The molecule has 0 aliphatic carbocycles. The van der Waals surface area contributed by atoms with Crippen molar-refractivity contribution in [2.24, 2.45) is 11.7 Å². The summed E-state index contributed by atoms with van der Waals surface area (Å²) in [7, 11) is 0. The molecule has 0 aromatic carbocycles. The van der Waals surface area contributed by atoms with Gasteiger partial charge in [0.1, 0.15) is 11.3 Å². The summed E-state index contributed by atoms with van der Waals surface area (Å²) in [6, 6.07) is 1.86. The van der Waals surface area contributed by atoms with Crippen LogP contribution in [0.15, 0.2) is 12.3 Å². The molecular weight excluding hydrogens is 304 g/mol. The van der Waals surface area contributed by atoms with Crippen LogP contribution in [0, 0.1) is 5.92 Å². The number of thiocarbonyl (C=S) groups is 1. The molecule has 2 rings (SSSR count). The van der Waals surface area contributed by atoms with Crippen LogP contribution in [0.4, 0.5) is 0 Å². The van der Waals surface area contributed by atoms with E-state index in [0.29, 0.717) is 22.5 Å². The SMILES string of the molecule is CCC(CC)c1nc2cc(Cl)cnc2n1CC(C)C(N)=S. The molecule has 114 valence electrons. The van der Waals surface area contributed by atoms with Gasteiger partial charge in [0.25, 0.3) is 0 Å². The molecule has 2 N–H and O–H groups in total. The van der Waals surface area contributed by atoms with E-state index in [2.05, 4.69) is 23.4 Å². The molecule has 0 aliphatic rings. The Kier molecular flexibility index (Phi) is 5.17. The third kappa shape index (κ3) is 3.35. The van der Waals surface area contributed by atoms with Crippen LogP contribution in [-0.4, -0.2) is 19.5 Å². The second-order valence-corrected chi connectivity index (χ2v) is 6.30. The van der Waals surface area contributed by atoms with E-state index in [4.69, 9.17) is 34.5 Å². The minimum atomic E-state index is 0.1000. The Hall–Kier alpha value is -1.20. The molecule has 2 aromatic heterocycles. The smallest absolute Gasteiger partial charge is 0.160 e. The van der Waals surface area contributed by atoms with Crippen molar-refractivity contribution in [2.45, 2.75) is 46.1 Å². The van der Waals surface area contributed by atoms with Gasteiger partial charge in [0.2, 0.25) is 0 Å². The third-order valence-corrected chi connectivity index (χ3v) is 4.48. The van der Waals surface area contributed by atoms with Crippen molar-refractivity contribution in [3.8, 4) is 0 Å². The molecule has 0 spiro atoms. The summed E-state index contributed by atoms with van der Waals surface area (Å²) in [4.78, 5) is 9.72. The first-order valence-electron chi connectivity index (χ1n) is 7.28. The molecule has 0 radical (unpaired) electrons. The number of hydrogen-bond acceptors (Lipinski definition) is 3. The summed E-state index contributed by atoms with van der Waals surface area (Å²) in [5.41, 5.74) is 7.45. The number of pyridine rings is 1. The Balaban J connectivity index is 2.56. The summed E-state index contributed by atoms with van der Waals surface area (Å²) < 4.78 is 2.15. The largest absolute Gasteiger partial charge is 0.393 e. The zero-order valence-corrected chi connectivity index (χ0v) is 14.2. The third-order valence-electron chi connectivity index (χ3n) is 3.87. The first-order chi connectivity index (χ1) is 9.97. The van der Waals surface area contributed by atoms with Crippen molar-refractivity contribution < 1.29 is 0 Å². The van der Waals surface area contributed by atoms with Crippen LogP contribution in [0.25, 0.3) is 11.2 Å². The Labute approximate surface area is 135 Å². The van der Waals surface area contributed by atoms with Gasteiger partial charge in [-0.05, 0) is 18.9 Å². The molecule has 0 saturated carbocycles. The van der Waals surface area contributed by atoms with Gasteiger partial charge in [-0.3, -0.25) is 0 Å². The van der Waals surface area contributed by atoms with E-state index < -0.39 is 0 Å². The van der Waals surface area contributed by atoms with Crippen molar-refractivity contribution in [2.75, 3.05) is 0 Å². The first kappa shape index (κ1) is 16.2. The van der Waals surface area contributed by atoms with Gasteiger partial charge in [0.15, 0.2) is 5.65 Å². The minimum Gasteiger partial charge on any atom is -0.393 e. The Morgan fingerprint density at radius 2 is 2.10 bits per heavy atom. The highest BCUT2D eigenvalue weighted by Crippen LogP contribution is 2.27. The second-order valence-electron chi connectivity index (χ2n) is 5.39. The molecule has 2 heterocycles. The molecule has 1 unspecified atom stereocenters. The van der Waals surface area contributed by atoms with Crippen molar-refractivity contribution in [1.29, 1.82) is 0 Å². The number of nitrogens with two attached hydrogens (primary N) is 1. The lowest BCUT2D eigenvalue weighted by atomic mass is 10.0. The molecule has 0 amide bonds. The maximum absolute atomic E-state index is 6.03. The predicted octanol–water partition coefficient (Wildman–Crippen LogP) is 3.91. The fraction of sp³-hybridized carbons (Fsp3) is 0.533. The van der Waals surface area contributed by atoms with Gasteiger partial charge in [-0.25, -0.2) is 9.97 Å². The summed E-state index contributed by atoms with van der Waals surface area (Å²) in [6.07, 6.45) is 3.73. The van der Waals surface area contributed by atoms with Gasteiger partial charge >= 0.3 is 0 Å². The molecule has 21 heavy (non-hydrogen) atoms. The summed E-state index contributed by atoms with van der Waals surface area (Å²) in [5.74, 6) is 1.55. The number of imidazole rings is 1. The quantitative estimate of drug-likeness (QED) is 0.818. The van der Waals surface area contributed by atoms with Gasteiger partial charge in [-0.1, -0.05) is 44.6 Å². The van der Waals surface area contributed by atoms with E-state index in [1.165, 1.54) is 0 Å². The van der Waals surface area contributed by atoms with Gasteiger partial charge in [-0.2, -0.15) is 0 Å². The number of hydrogen-bond donors (Lipinski definition) is 1. The van der Waals surface area contributed by atoms with E-state index >= 15 is 0 Å². The number of rotatable bonds is 6. The fourth-order valence-electron chi connectivity index (χ4n) is 2.51. The van der Waals surface area contributed by atoms with E-state index in [0.717, 1.165) is 29.8 Å². The van der Waals surface area contributed by atoms with Crippen LogP contribution in [0.5, 0.6) is 0 Å². The molecule has 0 bridgehead atoms. The normalized spacial score (nSPS) is 13.0. The number of aromatic nitrogens is 3. The van der Waals surface area contributed by atoms with E-state index in [-0.39, 0.29) is 5.92 Å². The van der Waals surface area contributed by atoms with Crippen LogP contribution >= 0.6 is 23.8 Å². The van der Waals surface area contributed by atoms with Gasteiger partial charge < -0.3 is 10.3 Å². The van der Waals surface area contributed by atoms with E-state index in [1.807, 2.05) is 13.0 Å². The number of halogens is 1. The molecular formula is C15H21ClN4S. The Morgan fingerprint density at radius 1 is 1.43 bits per heavy atom. The standard InChI is InChI=1S/C15H21ClN4S/c1-4-10(5-2)14-19-12-6-11(16)7-18-15(12)20(14)8-9(3)13(17)21/h6-7,9-10H,4-5,8H2,1-3H3,(H2,17,21). The average molecular weight is 325 g/mol. The topological polar surface area (TPSA) is 56.7 Å². The molecule has 6 heteroatoms. The van der Waals surface area contributed by atoms with Gasteiger partial charge in [0, 0.05) is 24.6 Å². The monoisotopic (exact) mass is 324 g/mol. The van der Waals surface area contributed by atoms with Crippen LogP contribution < -0.4 is 5.73 Å². The van der Waals surface area contributed by atoms with Gasteiger partial charge in [-0.15, -0.1) is 0 Å². The lowest BCUT2D eigenvalue weighted by molar-refractivity contribution is 0.522. The fourth-order valence-corrected chi connectivity index (χ4v) is 2.74. The highest BCUT2D eigenvalue weighted by Gasteiger charge is 2.20. The van der Waals surface area contributed by atoms with Crippen molar-refractivity contribution in [3.05, 3.63) is 23.1 Å². The number of fused-ring (bicyclic) bond motifs is 1. The van der Waals surface area contributed by atoms with Crippen molar-refractivity contribution in [3.63, 3.8) is 0 Å². The van der Waals surface area contributed by atoms with E-state index in [1.54, 1.807) is 6.20 Å². The number of nitrogens with zero attached hydrogens (tertiary/aromatic N) is 3. The zero-order chi connectivity index (χ0) is 15.6. The minimum absolute atomic E-state index is 0.1000. The zero-order valence-electron chi connectivity index (χ0n) is 12.6. The average Bonchev–Trinajstić information content (AvgIpc) is 2.78. The van der Waals surface area contributed by atoms with Crippen molar-refractivity contribution in [1.82, 2.24) is 14.5 Å². The molecule has 2 aromatic rings. The highest BCUT2D eigenvalue weighted by atomic mass is 35.5. The van der Waals surface area contributed by atoms with Crippen LogP contribution in [-0.2, 0) is 6.54 Å². The Morgan fingerprint density at radius 3 is 2.67 bits per heavy atom. The van der Waals surface area contributed by atoms with Crippen molar-refractivity contribution >= 4 is 40.0 Å². The summed E-state index contributed by atoms with van der Waals surface area (Å²) in [6.45, 7) is 7.08. The Bertz CT molecular complexity index is 648. The lowest BCUT2D eigenvalue weighted by Gasteiger charge is -2.18. The maximum atomic E-state index is 6.03. The predicted molar refractivity (Wildman–Crippen MR) is 91.8 cm³/mol. The van der Waals surface area contributed by atoms with E-state index in [9.17, 15) is 0 Å².